The van der Waals surface area contributed by atoms with Crippen molar-refractivity contribution in [3.8, 4) is 17.1 Å². The van der Waals surface area contributed by atoms with E-state index in [4.69, 9.17) is 4.74 Å². The Kier molecular flexibility index (Phi) is 5.45. The van der Waals surface area contributed by atoms with Crippen molar-refractivity contribution in [2.24, 2.45) is 0 Å². The highest BCUT2D eigenvalue weighted by Crippen LogP contribution is 2.31. The fourth-order valence-electron chi connectivity index (χ4n) is 2.88. The highest BCUT2D eigenvalue weighted by molar-refractivity contribution is 7.98. The Morgan fingerprint density at radius 2 is 2.14 bits per heavy atom. The summed E-state index contributed by atoms with van der Waals surface area (Å²) in [6.07, 6.45) is 1.79. The molecule has 3 heterocycles. The molecular formula is C19H18N6O2S2. The number of ether oxygens (including phenoxy) is 1. The van der Waals surface area contributed by atoms with E-state index in [0.717, 1.165) is 16.3 Å². The molecule has 4 aromatic rings. The molecule has 0 atom stereocenters. The molecular weight excluding hydrogens is 408 g/mol. The van der Waals surface area contributed by atoms with Gasteiger partial charge in [0.05, 0.1) is 18.4 Å². The normalized spacial score (nSPS) is 11.1. The Labute approximate surface area is 174 Å². The Morgan fingerprint density at radius 1 is 1.31 bits per heavy atom. The lowest BCUT2D eigenvalue weighted by atomic mass is 10.2. The number of benzene rings is 1. The molecule has 0 aliphatic heterocycles. The average Bonchev–Trinajstić information content (AvgIpc) is 3.29. The molecule has 0 fully saturated rings. The molecule has 0 amide bonds. The number of allylic oxidation sites excluding steroid dienone is 1. The maximum Gasteiger partial charge on any atom is 0.275 e. The van der Waals surface area contributed by atoms with Crippen molar-refractivity contribution < 1.29 is 4.74 Å². The highest BCUT2D eigenvalue weighted by Gasteiger charge is 2.17. The zero-order chi connectivity index (χ0) is 20.4. The molecule has 148 valence electrons. The first kappa shape index (κ1) is 19.3. The van der Waals surface area contributed by atoms with Gasteiger partial charge in [-0.15, -0.1) is 16.8 Å². The van der Waals surface area contributed by atoms with Crippen molar-refractivity contribution in [1.29, 1.82) is 0 Å². The van der Waals surface area contributed by atoms with E-state index in [1.807, 2.05) is 35.8 Å². The van der Waals surface area contributed by atoms with Crippen molar-refractivity contribution in [1.82, 2.24) is 29.4 Å². The first-order valence-electron chi connectivity index (χ1n) is 8.77. The third kappa shape index (κ3) is 3.81. The number of aryl methyl sites for hydroxylation is 1. The Hall–Kier alpha value is -2.98. The quantitative estimate of drug-likeness (QED) is 0.331. The van der Waals surface area contributed by atoms with Gasteiger partial charge in [0.15, 0.2) is 11.0 Å². The summed E-state index contributed by atoms with van der Waals surface area (Å²) in [7, 11) is 1.63. The number of para-hydroxylation sites is 1. The largest absolute Gasteiger partial charge is 0.496 e. The summed E-state index contributed by atoms with van der Waals surface area (Å²) < 4.78 is 8.76. The van der Waals surface area contributed by atoms with Crippen LogP contribution in [0.4, 0.5) is 0 Å². The van der Waals surface area contributed by atoms with Gasteiger partial charge in [0, 0.05) is 18.4 Å². The minimum Gasteiger partial charge on any atom is -0.496 e. The molecule has 0 saturated heterocycles. The van der Waals surface area contributed by atoms with E-state index in [1.165, 1.54) is 33.7 Å². The molecule has 0 saturated carbocycles. The summed E-state index contributed by atoms with van der Waals surface area (Å²) in [5.74, 6) is 1.91. The average molecular weight is 427 g/mol. The van der Waals surface area contributed by atoms with Crippen LogP contribution in [0.15, 0.2) is 52.9 Å². The number of methoxy groups -OCH3 is 1. The van der Waals surface area contributed by atoms with Crippen LogP contribution >= 0.6 is 23.1 Å². The minimum atomic E-state index is -0.183. The molecule has 0 aliphatic rings. The smallest absolute Gasteiger partial charge is 0.275 e. The van der Waals surface area contributed by atoms with Gasteiger partial charge in [-0.1, -0.05) is 41.3 Å². The minimum absolute atomic E-state index is 0.183. The summed E-state index contributed by atoms with van der Waals surface area (Å²) in [6, 6.07) is 9.18. The second kappa shape index (κ2) is 8.18. The molecule has 0 radical (unpaired) electrons. The van der Waals surface area contributed by atoms with E-state index in [-0.39, 0.29) is 5.56 Å². The monoisotopic (exact) mass is 426 g/mol. The molecule has 0 bridgehead atoms. The van der Waals surface area contributed by atoms with Crippen LogP contribution in [0.1, 0.15) is 10.7 Å². The van der Waals surface area contributed by atoms with Crippen LogP contribution in [0.3, 0.4) is 0 Å². The summed E-state index contributed by atoms with van der Waals surface area (Å²) in [5.41, 5.74) is 1.35. The van der Waals surface area contributed by atoms with Crippen LogP contribution in [0.5, 0.6) is 5.75 Å². The van der Waals surface area contributed by atoms with E-state index in [1.54, 1.807) is 13.2 Å². The number of thioether (sulfide) groups is 1. The van der Waals surface area contributed by atoms with E-state index in [2.05, 4.69) is 26.9 Å². The highest BCUT2D eigenvalue weighted by atomic mass is 32.2. The number of nitrogens with zero attached hydrogens (tertiary/aromatic N) is 6. The molecule has 0 spiro atoms. The number of aromatic nitrogens is 6. The maximum absolute atomic E-state index is 12.3. The molecule has 0 aliphatic carbocycles. The number of hydrogen-bond donors (Lipinski definition) is 0. The standard InChI is InChI=1S/C19H18N6O2S2/c1-4-9-24-17(14-7-5-6-8-15(14)27-3)21-22-19(24)28-11-13-10-16(26)25-18(20-13)29-12(2)23-25/h4-8,10H,1,9,11H2,2-3H3. The molecule has 1 aromatic carbocycles. The second-order valence-electron chi connectivity index (χ2n) is 6.10. The second-order valence-corrected chi connectivity index (χ2v) is 8.20. The summed E-state index contributed by atoms with van der Waals surface area (Å²) >= 11 is 2.86. The molecule has 0 N–H and O–H groups in total. The van der Waals surface area contributed by atoms with Crippen molar-refractivity contribution in [2.75, 3.05) is 7.11 Å². The van der Waals surface area contributed by atoms with Gasteiger partial charge < -0.3 is 4.74 Å². The van der Waals surface area contributed by atoms with Crippen LogP contribution in [0.25, 0.3) is 16.3 Å². The van der Waals surface area contributed by atoms with E-state index in [9.17, 15) is 4.79 Å². The summed E-state index contributed by atoms with van der Waals surface area (Å²) in [4.78, 5) is 17.4. The first-order valence-corrected chi connectivity index (χ1v) is 10.6. The van der Waals surface area contributed by atoms with Crippen LogP contribution in [-0.2, 0) is 12.3 Å². The predicted molar refractivity (Wildman–Crippen MR) is 114 cm³/mol. The molecule has 29 heavy (non-hydrogen) atoms. The molecule has 4 rings (SSSR count). The number of hydrogen-bond acceptors (Lipinski definition) is 8. The fraction of sp³-hybridized carbons (Fsp3) is 0.211. The van der Waals surface area contributed by atoms with Crippen LogP contribution in [-0.4, -0.2) is 36.5 Å². The third-order valence-corrected chi connectivity index (χ3v) is 5.95. The fourth-order valence-corrected chi connectivity index (χ4v) is 4.49. The summed E-state index contributed by atoms with van der Waals surface area (Å²) in [5, 5.41) is 14.4. The van der Waals surface area contributed by atoms with Gasteiger partial charge in [-0.25, -0.2) is 4.98 Å². The van der Waals surface area contributed by atoms with Gasteiger partial charge in [-0.3, -0.25) is 9.36 Å². The third-order valence-electron chi connectivity index (χ3n) is 4.12. The van der Waals surface area contributed by atoms with Gasteiger partial charge in [-0.05, 0) is 19.1 Å². The number of fused-ring (bicyclic) bond motifs is 1. The van der Waals surface area contributed by atoms with Gasteiger partial charge >= 0.3 is 0 Å². The van der Waals surface area contributed by atoms with Crippen LogP contribution in [0.2, 0.25) is 0 Å². The van der Waals surface area contributed by atoms with Crippen molar-refractivity contribution in [3.05, 3.63) is 64.0 Å². The maximum atomic E-state index is 12.3. The first-order chi connectivity index (χ1) is 14.1. The van der Waals surface area contributed by atoms with Gasteiger partial charge in [-0.2, -0.15) is 9.61 Å². The Balaban J connectivity index is 1.65. The predicted octanol–water partition coefficient (Wildman–Crippen LogP) is 3.20. The summed E-state index contributed by atoms with van der Waals surface area (Å²) in [6.45, 7) is 6.24. The van der Waals surface area contributed by atoms with E-state index in [0.29, 0.717) is 33.9 Å². The molecule has 3 aromatic heterocycles. The van der Waals surface area contributed by atoms with Crippen molar-refractivity contribution in [3.63, 3.8) is 0 Å². The number of rotatable bonds is 7. The Bertz CT molecular complexity index is 1240. The van der Waals surface area contributed by atoms with Gasteiger partial charge in [0.2, 0.25) is 4.96 Å². The van der Waals surface area contributed by atoms with Crippen LogP contribution in [0, 0.1) is 6.92 Å². The van der Waals surface area contributed by atoms with E-state index < -0.39 is 0 Å². The lowest BCUT2D eigenvalue weighted by Gasteiger charge is -2.10. The molecule has 10 heteroatoms. The van der Waals surface area contributed by atoms with E-state index >= 15 is 0 Å². The molecule has 8 nitrogen and oxygen atoms in total. The van der Waals surface area contributed by atoms with Crippen LogP contribution < -0.4 is 10.3 Å². The van der Waals surface area contributed by atoms with Gasteiger partial charge in [0.25, 0.3) is 5.56 Å². The lowest BCUT2D eigenvalue weighted by Crippen LogP contribution is -2.15. The van der Waals surface area contributed by atoms with Gasteiger partial charge in [0.1, 0.15) is 10.8 Å². The van der Waals surface area contributed by atoms with Crippen molar-refractivity contribution in [2.45, 2.75) is 24.4 Å². The lowest BCUT2D eigenvalue weighted by molar-refractivity contribution is 0.416. The Morgan fingerprint density at radius 3 is 2.93 bits per heavy atom. The SMILES string of the molecule is C=CCn1c(SCc2cc(=O)n3nc(C)sc3n2)nnc1-c1ccccc1OC. The zero-order valence-electron chi connectivity index (χ0n) is 15.9. The topological polar surface area (TPSA) is 87.2 Å². The molecule has 0 unspecified atom stereocenters. The van der Waals surface area contributed by atoms with Crippen molar-refractivity contribution >= 4 is 28.1 Å². The zero-order valence-corrected chi connectivity index (χ0v) is 17.5.